The molecule has 0 fully saturated rings. The monoisotopic (exact) mass is 554 g/mol. The molecule has 0 saturated carbocycles. The summed E-state index contributed by atoms with van der Waals surface area (Å²) >= 11 is 6.24. The fourth-order valence-electron chi connectivity index (χ4n) is 3.24. The van der Waals surface area contributed by atoms with Crippen LogP contribution in [0.2, 0.25) is 5.02 Å². The van der Waals surface area contributed by atoms with Crippen molar-refractivity contribution in [3.8, 4) is 5.75 Å². The Bertz CT molecular complexity index is 1180. The Hall–Kier alpha value is -3.52. The van der Waals surface area contributed by atoms with E-state index in [1.807, 2.05) is 0 Å². The molecule has 14 heteroatoms. The van der Waals surface area contributed by atoms with Crippen LogP contribution in [0.5, 0.6) is 5.75 Å². The van der Waals surface area contributed by atoms with Crippen LogP contribution < -0.4 is 31.1 Å². The number of amides is 3. The van der Waals surface area contributed by atoms with Gasteiger partial charge in [0.2, 0.25) is 5.91 Å². The molecular formula is C23H31ClN6O6S. The van der Waals surface area contributed by atoms with E-state index in [0.717, 1.165) is 4.31 Å². The molecule has 12 nitrogen and oxygen atoms in total. The molecule has 0 atom stereocenters. The number of nitrogens with two attached hydrogens (primary N) is 2. The number of nitrogens with zero attached hydrogens (tertiary/aromatic N) is 1. The number of primary amides is 1. The molecule has 0 unspecified atom stereocenters. The topological polar surface area (TPSA) is 204 Å². The summed E-state index contributed by atoms with van der Waals surface area (Å²) in [7, 11) is -1.95. The number of anilines is 1. The average molecular weight is 555 g/mol. The normalized spacial score (nSPS) is 11.4. The van der Waals surface area contributed by atoms with Crippen molar-refractivity contribution in [2.45, 2.75) is 19.9 Å². The van der Waals surface area contributed by atoms with E-state index in [1.54, 1.807) is 19.1 Å². The Morgan fingerprint density at radius 2 is 1.84 bits per heavy atom. The summed E-state index contributed by atoms with van der Waals surface area (Å²) in [5.41, 5.74) is 11.8. The van der Waals surface area contributed by atoms with Gasteiger partial charge in [-0.05, 0) is 30.7 Å². The lowest BCUT2D eigenvalue weighted by atomic mass is 10.1. The minimum absolute atomic E-state index is 0.0162. The number of amidine groups is 1. The number of nitrogen functional groups attached to an aromatic ring is 1. The van der Waals surface area contributed by atoms with Crippen LogP contribution in [0, 0.1) is 5.41 Å². The highest BCUT2D eigenvalue weighted by atomic mass is 35.5. The molecule has 2 aromatic rings. The van der Waals surface area contributed by atoms with E-state index in [9.17, 15) is 23.5 Å². The zero-order valence-electron chi connectivity index (χ0n) is 20.4. The predicted molar refractivity (Wildman–Crippen MR) is 144 cm³/mol. The van der Waals surface area contributed by atoms with Gasteiger partial charge in [0.05, 0.1) is 11.4 Å². The summed E-state index contributed by atoms with van der Waals surface area (Å²) in [6.45, 7) is 0.974. The average Bonchev–Trinajstić information content (AvgIpc) is 2.83. The lowest BCUT2D eigenvalue weighted by Gasteiger charge is -2.44. The first-order valence-corrected chi connectivity index (χ1v) is 13.1. The Labute approximate surface area is 221 Å². The van der Waals surface area contributed by atoms with Gasteiger partial charge in [-0.3, -0.25) is 33.2 Å². The lowest BCUT2D eigenvalue weighted by Crippen LogP contribution is -2.38. The molecule has 0 aliphatic rings. The summed E-state index contributed by atoms with van der Waals surface area (Å²) in [6.07, 6.45) is 0.447. The third kappa shape index (κ3) is 8.53. The van der Waals surface area contributed by atoms with Gasteiger partial charge in [0.15, 0.2) is 6.61 Å². The lowest BCUT2D eigenvalue weighted by molar-refractivity contribution is -0.120. The number of benzene rings is 2. The van der Waals surface area contributed by atoms with Crippen molar-refractivity contribution < 1.29 is 28.2 Å². The number of rotatable bonds is 13. The first-order chi connectivity index (χ1) is 17.4. The van der Waals surface area contributed by atoms with E-state index in [4.69, 9.17) is 33.2 Å². The summed E-state index contributed by atoms with van der Waals surface area (Å²) < 4.78 is 27.9. The van der Waals surface area contributed by atoms with Gasteiger partial charge >= 0.3 is 0 Å². The quantitative estimate of drug-likeness (QED) is 0.144. The first-order valence-electron chi connectivity index (χ1n) is 11.1. The summed E-state index contributed by atoms with van der Waals surface area (Å²) in [4.78, 5) is 36.2. The summed E-state index contributed by atoms with van der Waals surface area (Å²) in [5, 5.41) is 12.9. The van der Waals surface area contributed by atoms with Crippen molar-refractivity contribution in [2.24, 2.45) is 11.5 Å². The van der Waals surface area contributed by atoms with Crippen molar-refractivity contribution in [2.75, 3.05) is 30.3 Å². The number of hydrogen-bond donors (Lipinski definition) is 7. The molecular weight excluding hydrogens is 524 g/mol. The van der Waals surface area contributed by atoms with Crippen LogP contribution in [0.15, 0.2) is 36.4 Å². The second-order valence-electron chi connectivity index (χ2n) is 7.92. The Morgan fingerprint density at radius 1 is 1.14 bits per heavy atom. The Balaban J connectivity index is 2.33. The predicted octanol–water partition coefficient (Wildman–Crippen LogP) is 2.05. The van der Waals surface area contributed by atoms with Crippen LogP contribution in [0.3, 0.4) is 0 Å². The van der Waals surface area contributed by atoms with E-state index in [2.05, 4.69) is 10.6 Å². The first kappa shape index (κ1) is 29.7. The van der Waals surface area contributed by atoms with E-state index >= 15 is 0 Å². The zero-order chi connectivity index (χ0) is 27.8. The number of hydrogen-bond acceptors (Lipinski definition) is 8. The van der Waals surface area contributed by atoms with Gasteiger partial charge in [0.1, 0.15) is 18.1 Å². The fourth-order valence-corrected chi connectivity index (χ4v) is 5.00. The molecule has 2 rings (SSSR count). The van der Waals surface area contributed by atoms with Gasteiger partial charge in [-0.2, -0.15) is 0 Å². The number of nitrogens with one attached hydrogen (secondary N) is 3. The second kappa shape index (κ2) is 13.1. The number of likely N-dealkylation sites (N-methyl/N-ethyl adjacent to an activating group) is 1. The number of halogens is 1. The zero-order valence-corrected chi connectivity index (χ0v) is 22.0. The maximum atomic E-state index is 13.0. The summed E-state index contributed by atoms with van der Waals surface area (Å²) in [6, 6.07) is 8.83. The van der Waals surface area contributed by atoms with Gasteiger partial charge in [0, 0.05) is 35.3 Å². The molecule has 0 saturated heterocycles. The molecule has 0 radical (unpaired) electrons. The van der Waals surface area contributed by atoms with Gasteiger partial charge in [0.25, 0.3) is 11.8 Å². The molecule has 37 heavy (non-hydrogen) atoms. The van der Waals surface area contributed by atoms with Crippen molar-refractivity contribution in [3.05, 3.63) is 58.1 Å². The van der Waals surface area contributed by atoms with Crippen LogP contribution in [0.1, 0.15) is 34.8 Å². The molecule has 2 aromatic carbocycles. The van der Waals surface area contributed by atoms with Crippen molar-refractivity contribution >= 4 is 51.6 Å². The van der Waals surface area contributed by atoms with E-state index in [-0.39, 0.29) is 46.7 Å². The molecule has 202 valence electrons. The molecule has 0 heterocycles. The molecule has 0 aromatic heterocycles. The van der Waals surface area contributed by atoms with Crippen LogP contribution in [0.4, 0.5) is 5.69 Å². The van der Waals surface area contributed by atoms with Gasteiger partial charge < -0.3 is 26.8 Å². The molecule has 0 aliphatic heterocycles. The highest BCUT2D eigenvalue weighted by molar-refractivity contribution is 8.25. The highest BCUT2D eigenvalue weighted by Gasteiger charge is 2.26. The molecule has 0 aliphatic carbocycles. The van der Waals surface area contributed by atoms with E-state index in [1.165, 1.54) is 31.3 Å². The summed E-state index contributed by atoms with van der Waals surface area (Å²) in [5.74, 6) is -1.69. The van der Waals surface area contributed by atoms with Gasteiger partial charge in [-0.15, -0.1) is 10.8 Å². The van der Waals surface area contributed by atoms with Crippen molar-refractivity contribution in [3.63, 3.8) is 0 Å². The SMILES string of the molecule is CCCS(O)(O)N(CC(=O)NC)c1cc(Cl)cc(C(=O)NCc2ccc(C(=N)N)cc2OCC(N)=O)c1. The van der Waals surface area contributed by atoms with Crippen molar-refractivity contribution in [1.82, 2.24) is 10.6 Å². The smallest absolute Gasteiger partial charge is 0.255 e. The third-order valence-electron chi connectivity index (χ3n) is 5.02. The van der Waals surface area contributed by atoms with E-state index in [0.29, 0.717) is 17.5 Å². The second-order valence-corrected chi connectivity index (χ2v) is 10.5. The van der Waals surface area contributed by atoms with E-state index < -0.39 is 35.1 Å². The Kier molecular flexibility index (Phi) is 10.6. The molecule has 9 N–H and O–H groups in total. The molecule has 3 amide bonds. The van der Waals surface area contributed by atoms with Crippen LogP contribution >= 0.6 is 22.4 Å². The maximum absolute atomic E-state index is 13.0. The fraction of sp³-hybridized carbons (Fsp3) is 0.304. The van der Waals surface area contributed by atoms with Crippen LogP contribution in [-0.4, -0.2) is 58.6 Å². The largest absolute Gasteiger partial charge is 0.483 e. The third-order valence-corrected chi connectivity index (χ3v) is 7.24. The molecule has 0 bridgehead atoms. The maximum Gasteiger partial charge on any atom is 0.255 e. The van der Waals surface area contributed by atoms with Gasteiger partial charge in [-0.25, -0.2) is 0 Å². The highest BCUT2D eigenvalue weighted by Crippen LogP contribution is 2.47. The minimum Gasteiger partial charge on any atom is -0.483 e. The standard InChI is InChI=1S/C23H31ClN6O6S/c1-3-6-37(34,35)30(12-21(32)28-2)18-8-16(7-17(24)10-18)23(33)29-11-15-5-4-14(22(26)27)9-19(15)36-13-20(25)31/h4-5,7-10,34-35H,3,6,11-13H2,1-2H3,(H2,25,31)(H3,26,27)(H,28,32)(H,29,33). The van der Waals surface area contributed by atoms with Crippen LogP contribution in [0.25, 0.3) is 0 Å². The minimum atomic E-state index is -3.37. The molecule has 0 spiro atoms. The number of carbonyl (C=O) groups excluding carboxylic acids is 3. The van der Waals surface area contributed by atoms with Gasteiger partial charge in [-0.1, -0.05) is 30.7 Å². The van der Waals surface area contributed by atoms with Crippen LogP contribution in [-0.2, 0) is 16.1 Å². The number of ether oxygens (including phenoxy) is 1. The Morgan fingerprint density at radius 3 is 2.43 bits per heavy atom. The van der Waals surface area contributed by atoms with Crippen molar-refractivity contribution in [1.29, 1.82) is 5.41 Å². The number of carbonyl (C=O) groups is 3.